The van der Waals surface area contributed by atoms with Gasteiger partial charge >= 0.3 is 0 Å². The van der Waals surface area contributed by atoms with Crippen molar-refractivity contribution in [3.63, 3.8) is 0 Å². The molecule has 2 N–H and O–H groups in total. The fourth-order valence-electron chi connectivity index (χ4n) is 1.91. The third-order valence-electron chi connectivity index (χ3n) is 3.05. The molecular weight excluding hydrogens is 264 g/mol. The Kier molecular flexibility index (Phi) is 3.38. The Balaban J connectivity index is 2.09. The highest BCUT2D eigenvalue weighted by molar-refractivity contribution is 9.10. The molecule has 2 nitrogen and oxygen atoms in total. The predicted octanol–water partition coefficient (Wildman–Crippen LogP) is 2.54. The van der Waals surface area contributed by atoms with E-state index < -0.39 is 0 Å². The molecule has 2 rings (SSSR count). The summed E-state index contributed by atoms with van der Waals surface area (Å²) in [5.41, 5.74) is 8.89. The van der Waals surface area contributed by atoms with Crippen molar-refractivity contribution in [2.75, 3.05) is 14.1 Å². The molecule has 0 unspecified atom stereocenters. The second-order valence-corrected chi connectivity index (χ2v) is 6.06. The minimum absolute atomic E-state index is 0.0997. The molecule has 1 aromatic rings. The van der Waals surface area contributed by atoms with Crippen LogP contribution in [0.2, 0.25) is 0 Å². The van der Waals surface area contributed by atoms with Gasteiger partial charge in [0.25, 0.3) is 0 Å². The van der Waals surface area contributed by atoms with Gasteiger partial charge in [-0.3, -0.25) is 0 Å². The molecule has 0 bridgehead atoms. The highest BCUT2D eigenvalue weighted by atomic mass is 79.9. The molecule has 16 heavy (non-hydrogen) atoms. The summed E-state index contributed by atoms with van der Waals surface area (Å²) in [4.78, 5) is 2.17. The molecule has 1 aromatic carbocycles. The molecule has 0 aliphatic heterocycles. The summed E-state index contributed by atoms with van der Waals surface area (Å²) in [5, 5.41) is 0. The maximum Gasteiger partial charge on any atom is 0.0238 e. The highest BCUT2D eigenvalue weighted by Gasteiger charge is 2.37. The van der Waals surface area contributed by atoms with Crippen LogP contribution in [0.3, 0.4) is 0 Å². The molecule has 0 spiro atoms. The zero-order chi connectivity index (χ0) is 11.8. The minimum Gasteiger partial charge on any atom is -0.325 e. The van der Waals surface area contributed by atoms with Crippen LogP contribution in [0.15, 0.2) is 22.7 Å². The maximum absolute atomic E-state index is 6.12. The summed E-state index contributed by atoms with van der Waals surface area (Å²) < 4.78 is 1.20. The quantitative estimate of drug-likeness (QED) is 0.920. The van der Waals surface area contributed by atoms with Crippen LogP contribution in [0.1, 0.15) is 24.0 Å². The summed E-state index contributed by atoms with van der Waals surface area (Å²) in [6.45, 7) is 0.967. The molecule has 0 heterocycles. The normalized spacial score (nSPS) is 17.8. The van der Waals surface area contributed by atoms with E-state index in [2.05, 4.69) is 53.1 Å². The molecule has 1 fully saturated rings. The van der Waals surface area contributed by atoms with E-state index in [9.17, 15) is 0 Å². The topological polar surface area (TPSA) is 29.3 Å². The number of nitrogens with two attached hydrogens (primary N) is 1. The Hall–Kier alpha value is -0.380. The van der Waals surface area contributed by atoms with E-state index >= 15 is 0 Å². The van der Waals surface area contributed by atoms with Crippen LogP contribution in [-0.2, 0) is 13.0 Å². The Morgan fingerprint density at radius 2 is 2.06 bits per heavy atom. The molecule has 0 atom stereocenters. The molecule has 0 amide bonds. The number of hydrogen-bond donors (Lipinski definition) is 1. The van der Waals surface area contributed by atoms with Crippen molar-refractivity contribution in [1.82, 2.24) is 4.90 Å². The summed E-state index contributed by atoms with van der Waals surface area (Å²) in [6, 6.07) is 6.62. The fraction of sp³-hybridized carbons (Fsp3) is 0.538. The van der Waals surface area contributed by atoms with Gasteiger partial charge in [0.1, 0.15) is 0 Å². The van der Waals surface area contributed by atoms with Crippen LogP contribution in [0.5, 0.6) is 0 Å². The van der Waals surface area contributed by atoms with Crippen LogP contribution >= 0.6 is 15.9 Å². The fourth-order valence-corrected chi connectivity index (χ4v) is 2.47. The second kappa shape index (κ2) is 4.47. The van der Waals surface area contributed by atoms with Gasteiger partial charge in [-0.15, -0.1) is 0 Å². The molecule has 0 radical (unpaired) electrons. The molecule has 88 valence electrons. The first-order chi connectivity index (χ1) is 7.48. The Labute approximate surface area is 106 Å². The summed E-state index contributed by atoms with van der Waals surface area (Å²) >= 11 is 3.64. The van der Waals surface area contributed by atoms with Crippen molar-refractivity contribution >= 4 is 15.9 Å². The zero-order valence-electron chi connectivity index (χ0n) is 9.96. The van der Waals surface area contributed by atoms with E-state index in [1.807, 2.05) is 0 Å². The molecular formula is C13H19BrN2. The lowest BCUT2D eigenvalue weighted by molar-refractivity contribution is 0.401. The molecule has 1 aliphatic carbocycles. The van der Waals surface area contributed by atoms with Gasteiger partial charge in [-0.05, 0) is 50.6 Å². The Morgan fingerprint density at radius 3 is 2.56 bits per heavy atom. The SMILES string of the molecule is CN(C)Cc1ccc(CC2(N)CC2)cc1Br. The first-order valence-corrected chi connectivity index (χ1v) is 6.49. The lowest BCUT2D eigenvalue weighted by atomic mass is 10.0. The van der Waals surface area contributed by atoms with Gasteiger partial charge in [0.15, 0.2) is 0 Å². The van der Waals surface area contributed by atoms with Crippen LogP contribution < -0.4 is 5.73 Å². The van der Waals surface area contributed by atoms with Gasteiger partial charge in [-0.2, -0.15) is 0 Å². The van der Waals surface area contributed by atoms with Crippen molar-refractivity contribution in [1.29, 1.82) is 0 Å². The summed E-state index contributed by atoms with van der Waals surface area (Å²) in [7, 11) is 4.17. The molecule has 0 saturated heterocycles. The van der Waals surface area contributed by atoms with Crippen molar-refractivity contribution in [3.8, 4) is 0 Å². The molecule has 0 aromatic heterocycles. The second-order valence-electron chi connectivity index (χ2n) is 5.20. The molecule has 3 heteroatoms. The number of nitrogens with zero attached hydrogens (tertiary/aromatic N) is 1. The average Bonchev–Trinajstić information content (AvgIpc) is 2.88. The van der Waals surface area contributed by atoms with E-state index in [0.717, 1.165) is 13.0 Å². The number of halogens is 1. The van der Waals surface area contributed by atoms with Gasteiger partial charge in [0.2, 0.25) is 0 Å². The number of hydrogen-bond acceptors (Lipinski definition) is 2. The third-order valence-corrected chi connectivity index (χ3v) is 3.79. The first kappa shape index (κ1) is 12.1. The van der Waals surface area contributed by atoms with Crippen LogP contribution in [0, 0.1) is 0 Å². The standard InChI is InChI=1S/C13H19BrN2/c1-16(2)9-11-4-3-10(7-12(11)14)8-13(15)5-6-13/h3-4,7H,5-6,8-9,15H2,1-2H3. The molecule has 1 aliphatic rings. The average molecular weight is 283 g/mol. The van der Waals surface area contributed by atoms with Crippen molar-refractivity contribution in [2.24, 2.45) is 5.73 Å². The Morgan fingerprint density at radius 1 is 1.38 bits per heavy atom. The van der Waals surface area contributed by atoms with E-state index in [1.54, 1.807) is 0 Å². The van der Waals surface area contributed by atoms with Gasteiger partial charge in [0, 0.05) is 16.6 Å². The first-order valence-electron chi connectivity index (χ1n) is 5.69. The van der Waals surface area contributed by atoms with Gasteiger partial charge in [-0.1, -0.05) is 28.1 Å². The van der Waals surface area contributed by atoms with Crippen LogP contribution in [0.4, 0.5) is 0 Å². The highest BCUT2D eigenvalue weighted by Crippen LogP contribution is 2.36. The predicted molar refractivity (Wildman–Crippen MR) is 71.4 cm³/mol. The summed E-state index contributed by atoms with van der Waals surface area (Å²) in [5.74, 6) is 0. The minimum atomic E-state index is 0.0997. The molecule has 1 saturated carbocycles. The largest absolute Gasteiger partial charge is 0.325 e. The van der Waals surface area contributed by atoms with E-state index in [1.165, 1.54) is 28.4 Å². The van der Waals surface area contributed by atoms with Crippen molar-refractivity contribution < 1.29 is 0 Å². The van der Waals surface area contributed by atoms with E-state index in [0.29, 0.717) is 0 Å². The lowest BCUT2D eigenvalue weighted by Gasteiger charge is -2.14. The van der Waals surface area contributed by atoms with Gasteiger partial charge in [-0.25, -0.2) is 0 Å². The van der Waals surface area contributed by atoms with Gasteiger partial charge < -0.3 is 10.6 Å². The lowest BCUT2D eigenvalue weighted by Crippen LogP contribution is -2.24. The summed E-state index contributed by atoms with van der Waals surface area (Å²) in [6.07, 6.45) is 3.35. The Bertz CT molecular complexity index is 384. The number of rotatable bonds is 4. The van der Waals surface area contributed by atoms with Crippen molar-refractivity contribution in [2.45, 2.75) is 31.3 Å². The van der Waals surface area contributed by atoms with Crippen LogP contribution in [0.25, 0.3) is 0 Å². The van der Waals surface area contributed by atoms with E-state index in [4.69, 9.17) is 5.73 Å². The van der Waals surface area contributed by atoms with Crippen molar-refractivity contribution in [3.05, 3.63) is 33.8 Å². The zero-order valence-corrected chi connectivity index (χ0v) is 11.5. The third kappa shape index (κ3) is 3.06. The maximum atomic E-state index is 6.12. The van der Waals surface area contributed by atoms with E-state index in [-0.39, 0.29) is 5.54 Å². The number of benzene rings is 1. The monoisotopic (exact) mass is 282 g/mol. The smallest absolute Gasteiger partial charge is 0.0238 e. The van der Waals surface area contributed by atoms with Gasteiger partial charge in [0.05, 0.1) is 0 Å². The van der Waals surface area contributed by atoms with Crippen LogP contribution in [-0.4, -0.2) is 24.5 Å².